The van der Waals surface area contributed by atoms with Crippen LogP contribution in [0.3, 0.4) is 0 Å². The number of pyridine rings is 1. The molecule has 0 saturated heterocycles. The van der Waals surface area contributed by atoms with Gasteiger partial charge in [0.15, 0.2) is 5.82 Å². The van der Waals surface area contributed by atoms with Gasteiger partial charge in [-0.1, -0.05) is 54.6 Å². The second-order valence-electron chi connectivity index (χ2n) is 8.38. The lowest BCUT2D eigenvalue weighted by molar-refractivity contribution is 0.688. The van der Waals surface area contributed by atoms with Gasteiger partial charge in [-0.3, -0.25) is 0 Å². The Bertz CT molecular complexity index is 1290. The van der Waals surface area contributed by atoms with Gasteiger partial charge in [0.25, 0.3) is 0 Å². The van der Waals surface area contributed by atoms with Crippen LogP contribution in [0.25, 0.3) is 10.9 Å². The number of nitrogens with zero attached hydrogens (tertiary/aromatic N) is 4. The number of aromatic nitrogens is 2. The van der Waals surface area contributed by atoms with E-state index in [0.717, 1.165) is 49.2 Å². The van der Waals surface area contributed by atoms with E-state index in [9.17, 15) is 5.26 Å². The molecular weight excluding hydrogens is 380 g/mol. The molecule has 2 aromatic carbocycles. The zero-order valence-electron chi connectivity index (χ0n) is 18.1. The first-order valence-electron chi connectivity index (χ1n) is 10.9. The Balaban J connectivity index is 1.62. The van der Waals surface area contributed by atoms with E-state index in [-0.39, 0.29) is 0 Å². The molecule has 0 atom stereocenters. The van der Waals surface area contributed by atoms with Crippen LogP contribution in [-0.2, 0) is 25.9 Å². The van der Waals surface area contributed by atoms with Gasteiger partial charge >= 0.3 is 0 Å². The van der Waals surface area contributed by atoms with Gasteiger partial charge in [-0.15, -0.1) is 0 Å². The van der Waals surface area contributed by atoms with Crippen molar-refractivity contribution in [2.45, 2.75) is 39.8 Å². The first kappa shape index (κ1) is 19.4. The van der Waals surface area contributed by atoms with Crippen LogP contribution in [0, 0.1) is 25.2 Å². The number of fused-ring (bicyclic) bond motifs is 2. The lowest BCUT2D eigenvalue weighted by atomic mass is 10.00. The summed E-state index contributed by atoms with van der Waals surface area (Å²) in [5, 5.41) is 10.8. The van der Waals surface area contributed by atoms with Crippen LogP contribution >= 0.6 is 0 Å². The van der Waals surface area contributed by atoms with Crippen molar-refractivity contribution in [3.63, 3.8) is 0 Å². The highest BCUT2D eigenvalue weighted by Gasteiger charge is 2.24. The third-order valence-electron chi connectivity index (χ3n) is 6.61. The summed E-state index contributed by atoms with van der Waals surface area (Å²) in [6, 6.07) is 23.5. The average molecular weight is 407 g/mol. The van der Waals surface area contributed by atoms with E-state index in [4.69, 9.17) is 4.98 Å². The molecule has 4 aromatic rings. The molecule has 4 nitrogen and oxygen atoms in total. The predicted molar refractivity (Wildman–Crippen MR) is 125 cm³/mol. The lowest BCUT2D eigenvalue weighted by Crippen LogP contribution is -2.31. The van der Waals surface area contributed by atoms with Gasteiger partial charge in [-0.05, 0) is 55.0 Å². The van der Waals surface area contributed by atoms with E-state index in [1.165, 1.54) is 27.9 Å². The van der Waals surface area contributed by atoms with E-state index >= 15 is 0 Å². The molecule has 0 unspecified atom stereocenters. The maximum atomic E-state index is 9.66. The topological polar surface area (TPSA) is 44.9 Å². The first-order chi connectivity index (χ1) is 15.2. The summed E-state index contributed by atoms with van der Waals surface area (Å²) in [5.41, 5.74) is 8.23. The highest BCUT2D eigenvalue weighted by molar-refractivity contribution is 5.94. The van der Waals surface area contributed by atoms with Crippen LogP contribution in [0.4, 0.5) is 5.82 Å². The molecule has 154 valence electrons. The van der Waals surface area contributed by atoms with Crippen LogP contribution in [0.2, 0.25) is 0 Å². The number of anilines is 1. The second kappa shape index (κ2) is 7.92. The minimum atomic E-state index is 0.490. The van der Waals surface area contributed by atoms with Crippen molar-refractivity contribution >= 4 is 16.7 Å². The fraction of sp³-hybridized carbons (Fsp3) is 0.259. The molecular formula is C27H26N4. The number of hydrogen-bond donors (Lipinski definition) is 0. The first-order valence-corrected chi connectivity index (χ1v) is 10.9. The second-order valence-corrected chi connectivity index (χ2v) is 8.38. The molecule has 5 rings (SSSR count). The summed E-state index contributed by atoms with van der Waals surface area (Å²) in [4.78, 5) is 7.18. The molecule has 0 amide bonds. The Morgan fingerprint density at radius 1 is 1.00 bits per heavy atom. The van der Waals surface area contributed by atoms with E-state index in [2.05, 4.69) is 84.0 Å². The van der Waals surface area contributed by atoms with Crippen molar-refractivity contribution < 1.29 is 0 Å². The Labute approximate surface area is 183 Å². The standard InChI is InChI=1S/C27H26N4/c1-19-20(2)31(15-12-21-8-4-3-5-9-21)26-25(19)16-24(17-28)29-27(26)30-14-13-22-10-6-7-11-23(22)18-30/h3-11,16H,12-15,18H2,1-2H3. The number of rotatable bonds is 4. The maximum Gasteiger partial charge on any atom is 0.155 e. The minimum Gasteiger partial charge on any atom is -0.350 e. The molecule has 0 saturated carbocycles. The molecule has 4 heteroatoms. The molecule has 0 N–H and O–H groups in total. The molecule has 31 heavy (non-hydrogen) atoms. The zero-order valence-corrected chi connectivity index (χ0v) is 18.1. The summed E-state index contributed by atoms with van der Waals surface area (Å²) in [7, 11) is 0. The Hall–Kier alpha value is -3.58. The molecule has 1 aliphatic heterocycles. The quantitative estimate of drug-likeness (QED) is 0.460. The molecule has 0 radical (unpaired) electrons. The lowest BCUT2D eigenvalue weighted by Gasteiger charge is -2.30. The van der Waals surface area contributed by atoms with Gasteiger partial charge in [0.05, 0.1) is 5.52 Å². The third-order valence-corrected chi connectivity index (χ3v) is 6.61. The molecule has 1 aliphatic rings. The fourth-order valence-electron chi connectivity index (χ4n) is 4.76. The third kappa shape index (κ3) is 3.47. The summed E-state index contributed by atoms with van der Waals surface area (Å²) in [5.74, 6) is 0.938. The molecule has 2 aromatic heterocycles. The summed E-state index contributed by atoms with van der Waals surface area (Å²) in [6.45, 7) is 6.98. The van der Waals surface area contributed by atoms with E-state index in [1.807, 2.05) is 6.07 Å². The summed E-state index contributed by atoms with van der Waals surface area (Å²) < 4.78 is 2.40. The largest absolute Gasteiger partial charge is 0.350 e. The highest BCUT2D eigenvalue weighted by Crippen LogP contribution is 2.35. The van der Waals surface area contributed by atoms with E-state index in [1.54, 1.807) is 0 Å². The van der Waals surface area contributed by atoms with Gasteiger partial charge in [0.2, 0.25) is 0 Å². The van der Waals surface area contributed by atoms with Crippen LogP contribution < -0.4 is 4.90 Å². The smallest absolute Gasteiger partial charge is 0.155 e. The van der Waals surface area contributed by atoms with Crippen molar-refractivity contribution in [1.82, 2.24) is 9.55 Å². The van der Waals surface area contributed by atoms with Crippen molar-refractivity contribution in [1.29, 1.82) is 5.26 Å². The summed E-state index contributed by atoms with van der Waals surface area (Å²) in [6.07, 6.45) is 1.96. The SMILES string of the molecule is Cc1c(C)n(CCc2ccccc2)c2c(N3CCc4ccccc4C3)nc(C#N)cc12. The van der Waals surface area contributed by atoms with Crippen LogP contribution in [0.1, 0.15) is 33.6 Å². The fourth-order valence-corrected chi connectivity index (χ4v) is 4.76. The molecule has 0 spiro atoms. The Kier molecular flexibility index (Phi) is 4.95. The Morgan fingerprint density at radius 2 is 1.74 bits per heavy atom. The summed E-state index contributed by atoms with van der Waals surface area (Å²) >= 11 is 0. The molecule has 3 heterocycles. The number of aryl methyl sites for hydroxylation is 3. The van der Waals surface area contributed by atoms with Gasteiger partial charge in [-0.25, -0.2) is 4.98 Å². The van der Waals surface area contributed by atoms with Gasteiger partial charge in [-0.2, -0.15) is 5.26 Å². The monoisotopic (exact) mass is 406 g/mol. The van der Waals surface area contributed by atoms with E-state index < -0.39 is 0 Å². The van der Waals surface area contributed by atoms with Crippen molar-refractivity contribution in [3.05, 3.63) is 94.3 Å². The van der Waals surface area contributed by atoms with Gasteiger partial charge in [0, 0.05) is 30.7 Å². The number of hydrogen-bond acceptors (Lipinski definition) is 3. The van der Waals surface area contributed by atoms with Crippen LogP contribution in [0.15, 0.2) is 60.7 Å². The zero-order chi connectivity index (χ0) is 21.4. The van der Waals surface area contributed by atoms with Gasteiger partial charge < -0.3 is 9.47 Å². The van der Waals surface area contributed by atoms with Crippen molar-refractivity contribution in [2.24, 2.45) is 0 Å². The molecule has 0 bridgehead atoms. The van der Waals surface area contributed by atoms with Crippen LogP contribution in [0.5, 0.6) is 0 Å². The minimum absolute atomic E-state index is 0.490. The van der Waals surface area contributed by atoms with Gasteiger partial charge in [0.1, 0.15) is 11.8 Å². The van der Waals surface area contributed by atoms with E-state index in [0.29, 0.717) is 5.69 Å². The normalized spacial score (nSPS) is 13.3. The average Bonchev–Trinajstić information content (AvgIpc) is 3.07. The highest BCUT2D eigenvalue weighted by atomic mass is 15.2. The molecule has 0 aliphatic carbocycles. The van der Waals surface area contributed by atoms with Crippen molar-refractivity contribution in [2.75, 3.05) is 11.4 Å². The molecule has 0 fully saturated rings. The number of nitriles is 1. The van der Waals surface area contributed by atoms with Crippen molar-refractivity contribution in [3.8, 4) is 6.07 Å². The van der Waals surface area contributed by atoms with Crippen LogP contribution in [-0.4, -0.2) is 16.1 Å². The predicted octanol–water partition coefficient (Wildman–Crippen LogP) is 5.33. The maximum absolute atomic E-state index is 9.66. The number of benzene rings is 2. The Morgan fingerprint density at radius 3 is 2.52 bits per heavy atom.